The molecule has 0 aliphatic rings. The molecule has 0 saturated carbocycles. The van der Waals surface area contributed by atoms with Crippen molar-refractivity contribution in [1.29, 1.82) is 0 Å². The molecule has 0 fully saturated rings. The van der Waals surface area contributed by atoms with Gasteiger partial charge in [-0.1, -0.05) is 62.7 Å². The molecule has 32 heavy (non-hydrogen) atoms. The van der Waals surface area contributed by atoms with Crippen LogP contribution in [0.15, 0.2) is 78.2 Å². The van der Waals surface area contributed by atoms with Gasteiger partial charge >= 0.3 is 0 Å². The first-order valence-corrected chi connectivity index (χ1v) is 11.5. The number of hydrogen-bond acceptors (Lipinski definition) is 4. The standard InChI is InChI=1S/C26H24ClN3OS/c1-26(2,3)19-11-7-18(8-12-19)24(31)28-21-13-9-17(10-14-21)23-16-32-25(30-23)29-22-6-4-5-20(27)15-22/h4-16H,1-3H3,(H,28,31)(H,29,30). The van der Waals surface area contributed by atoms with E-state index in [4.69, 9.17) is 11.6 Å². The highest BCUT2D eigenvalue weighted by molar-refractivity contribution is 7.14. The van der Waals surface area contributed by atoms with E-state index in [2.05, 4.69) is 36.4 Å². The highest BCUT2D eigenvalue weighted by Gasteiger charge is 2.14. The number of carbonyl (C=O) groups is 1. The number of rotatable bonds is 5. The average molecular weight is 462 g/mol. The van der Waals surface area contributed by atoms with Crippen LogP contribution in [0.2, 0.25) is 5.02 Å². The Morgan fingerprint density at radius 1 is 0.938 bits per heavy atom. The second-order valence-corrected chi connectivity index (χ2v) is 9.83. The first-order valence-electron chi connectivity index (χ1n) is 10.3. The molecule has 2 N–H and O–H groups in total. The minimum Gasteiger partial charge on any atom is -0.331 e. The molecule has 4 nitrogen and oxygen atoms in total. The maximum Gasteiger partial charge on any atom is 0.255 e. The molecule has 6 heteroatoms. The van der Waals surface area contributed by atoms with Gasteiger partial charge in [0.15, 0.2) is 5.13 Å². The maximum atomic E-state index is 12.6. The van der Waals surface area contributed by atoms with Crippen molar-refractivity contribution in [2.24, 2.45) is 0 Å². The van der Waals surface area contributed by atoms with Gasteiger partial charge in [-0.2, -0.15) is 0 Å². The number of nitrogens with zero attached hydrogens (tertiary/aromatic N) is 1. The molecule has 0 spiro atoms. The summed E-state index contributed by atoms with van der Waals surface area (Å²) < 4.78 is 0. The molecule has 162 valence electrons. The summed E-state index contributed by atoms with van der Waals surface area (Å²) in [5.74, 6) is -0.125. The van der Waals surface area contributed by atoms with Crippen LogP contribution in [0.4, 0.5) is 16.5 Å². The third-order valence-electron chi connectivity index (χ3n) is 5.03. The molecule has 1 aromatic heterocycles. The molecule has 0 atom stereocenters. The van der Waals surface area contributed by atoms with Gasteiger partial charge in [0.2, 0.25) is 0 Å². The lowest BCUT2D eigenvalue weighted by Gasteiger charge is -2.19. The predicted octanol–water partition coefficient (Wildman–Crippen LogP) is 7.76. The molecular weight excluding hydrogens is 438 g/mol. The molecule has 0 saturated heterocycles. The molecule has 0 aliphatic heterocycles. The average Bonchev–Trinajstić information content (AvgIpc) is 3.22. The van der Waals surface area contributed by atoms with E-state index in [9.17, 15) is 4.79 Å². The molecule has 1 amide bonds. The van der Waals surface area contributed by atoms with Crippen molar-refractivity contribution in [2.75, 3.05) is 10.6 Å². The number of carbonyl (C=O) groups excluding carboxylic acids is 1. The largest absolute Gasteiger partial charge is 0.331 e. The van der Waals surface area contributed by atoms with Crippen LogP contribution in [0.25, 0.3) is 11.3 Å². The normalized spacial score (nSPS) is 11.2. The quantitative estimate of drug-likeness (QED) is 0.319. The van der Waals surface area contributed by atoms with Gasteiger partial charge in [0.25, 0.3) is 5.91 Å². The highest BCUT2D eigenvalue weighted by Crippen LogP contribution is 2.29. The third kappa shape index (κ3) is 5.36. The lowest BCUT2D eigenvalue weighted by molar-refractivity contribution is 0.102. The number of aromatic nitrogens is 1. The summed E-state index contributed by atoms with van der Waals surface area (Å²) in [6.45, 7) is 6.47. The van der Waals surface area contributed by atoms with Gasteiger partial charge in [0, 0.05) is 32.9 Å². The smallest absolute Gasteiger partial charge is 0.255 e. The van der Waals surface area contributed by atoms with E-state index < -0.39 is 0 Å². The monoisotopic (exact) mass is 461 g/mol. The van der Waals surface area contributed by atoms with Crippen LogP contribution >= 0.6 is 22.9 Å². The Hall–Kier alpha value is -3.15. The second-order valence-electron chi connectivity index (χ2n) is 8.53. The Labute approximate surface area is 197 Å². The number of hydrogen-bond donors (Lipinski definition) is 2. The maximum absolute atomic E-state index is 12.6. The van der Waals surface area contributed by atoms with Crippen LogP contribution in [0, 0.1) is 0 Å². The Morgan fingerprint density at radius 2 is 1.66 bits per heavy atom. The van der Waals surface area contributed by atoms with Crippen LogP contribution < -0.4 is 10.6 Å². The number of benzene rings is 3. The third-order valence-corrected chi connectivity index (χ3v) is 6.02. The first-order chi connectivity index (χ1) is 15.3. The van der Waals surface area contributed by atoms with E-state index >= 15 is 0 Å². The minimum absolute atomic E-state index is 0.0596. The lowest BCUT2D eigenvalue weighted by Crippen LogP contribution is -2.14. The summed E-state index contributed by atoms with van der Waals surface area (Å²) in [4.78, 5) is 17.2. The Balaban J connectivity index is 1.41. The van der Waals surface area contributed by atoms with Crippen LogP contribution in [-0.2, 0) is 5.41 Å². The van der Waals surface area contributed by atoms with Crippen molar-refractivity contribution < 1.29 is 4.79 Å². The summed E-state index contributed by atoms with van der Waals surface area (Å²) in [6.07, 6.45) is 0. The molecular formula is C26H24ClN3OS. The van der Waals surface area contributed by atoms with Gasteiger partial charge in [-0.25, -0.2) is 4.98 Å². The first kappa shape index (κ1) is 22.1. The van der Waals surface area contributed by atoms with Crippen molar-refractivity contribution in [3.63, 3.8) is 0 Å². The SMILES string of the molecule is CC(C)(C)c1ccc(C(=O)Nc2ccc(-c3csc(Nc4cccc(Cl)c4)n3)cc2)cc1. The summed E-state index contributed by atoms with van der Waals surface area (Å²) in [5, 5.41) is 9.69. The summed E-state index contributed by atoms with van der Waals surface area (Å²) >= 11 is 7.56. The molecule has 0 unspecified atom stereocenters. The van der Waals surface area contributed by atoms with E-state index in [1.807, 2.05) is 78.2 Å². The van der Waals surface area contributed by atoms with Gasteiger partial charge < -0.3 is 10.6 Å². The van der Waals surface area contributed by atoms with Crippen LogP contribution in [0.3, 0.4) is 0 Å². The predicted molar refractivity (Wildman–Crippen MR) is 135 cm³/mol. The van der Waals surface area contributed by atoms with Gasteiger partial charge in [0.1, 0.15) is 0 Å². The Kier molecular flexibility index (Phi) is 6.31. The molecule has 0 bridgehead atoms. The molecule has 0 aliphatic carbocycles. The number of thiazole rings is 1. The fourth-order valence-corrected chi connectivity index (χ4v) is 4.13. The van der Waals surface area contributed by atoms with Gasteiger partial charge in [-0.05, 0) is 53.4 Å². The summed E-state index contributed by atoms with van der Waals surface area (Å²) in [7, 11) is 0. The van der Waals surface area contributed by atoms with E-state index in [-0.39, 0.29) is 11.3 Å². The van der Waals surface area contributed by atoms with Crippen molar-refractivity contribution in [3.8, 4) is 11.3 Å². The zero-order valence-electron chi connectivity index (χ0n) is 18.1. The summed E-state index contributed by atoms with van der Waals surface area (Å²) in [5.41, 5.74) is 5.38. The molecule has 1 heterocycles. The van der Waals surface area contributed by atoms with Crippen LogP contribution in [0.5, 0.6) is 0 Å². The van der Waals surface area contributed by atoms with E-state index in [0.29, 0.717) is 10.6 Å². The highest BCUT2D eigenvalue weighted by atomic mass is 35.5. The fourth-order valence-electron chi connectivity index (χ4n) is 3.20. The number of nitrogens with one attached hydrogen (secondary N) is 2. The van der Waals surface area contributed by atoms with E-state index in [1.54, 1.807) is 0 Å². The number of amides is 1. The van der Waals surface area contributed by atoms with Crippen molar-refractivity contribution >= 4 is 45.4 Å². The second kappa shape index (κ2) is 9.15. The number of anilines is 3. The Morgan fingerprint density at radius 3 is 2.31 bits per heavy atom. The molecule has 3 aromatic carbocycles. The summed E-state index contributed by atoms with van der Waals surface area (Å²) in [6, 6.07) is 23.0. The topological polar surface area (TPSA) is 54.0 Å². The zero-order valence-corrected chi connectivity index (χ0v) is 19.7. The molecule has 4 rings (SSSR count). The van der Waals surface area contributed by atoms with Crippen molar-refractivity contribution in [2.45, 2.75) is 26.2 Å². The van der Waals surface area contributed by atoms with Gasteiger partial charge in [-0.3, -0.25) is 4.79 Å². The Bertz CT molecular complexity index is 1230. The number of halogens is 1. The van der Waals surface area contributed by atoms with E-state index in [1.165, 1.54) is 16.9 Å². The van der Waals surface area contributed by atoms with Crippen molar-refractivity contribution in [1.82, 2.24) is 4.98 Å². The van der Waals surface area contributed by atoms with Crippen molar-refractivity contribution in [3.05, 3.63) is 94.3 Å². The molecule has 0 radical (unpaired) electrons. The van der Waals surface area contributed by atoms with Gasteiger partial charge in [-0.15, -0.1) is 11.3 Å². The lowest BCUT2D eigenvalue weighted by atomic mass is 9.87. The van der Waals surface area contributed by atoms with Crippen LogP contribution in [-0.4, -0.2) is 10.9 Å². The molecule has 4 aromatic rings. The van der Waals surface area contributed by atoms with E-state index in [0.717, 1.165) is 27.8 Å². The minimum atomic E-state index is -0.125. The zero-order chi connectivity index (χ0) is 22.7. The van der Waals surface area contributed by atoms with Crippen LogP contribution in [0.1, 0.15) is 36.7 Å². The fraction of sp³-hybridized carbons (Fsp3) is 0.154. The van der Waals surface area contributed by atoms with Gasteiger partial charge in [0.05, 0.1) is 5.69 Å².